The van der Waals surface area contributed by atoms with Crippen LogP contribution in [0.3, 0.4) is 0 Å². The van der Waals surface area contributed by atoms with E-state index >= 15 is 0 Å². The fourth-order valence-corrected chi connectivity index (χ4v) is 1.79. The van der Waals surface area contributed by atoms with E-state index in [4.69, 9.17) is 0 Å². The molecule has 1 rings (SSSR count). The molecule has 1 heterocycles. The van der Waals surface area contributed by atoms with Gasteiger partial charge in [-0.15, -0.1) is 0 Å². The summed E-state index contributed by atoms with van der Waals surface area (Å²) in [4.78, 5) is 10.7. The Morgan fingerprint density at radius 1 is 1.89 bits per heavy atom. The van der Waals surface area contributed by atoms with E-state index in [1.165, 1.54) is 7.11 Å². The third-order valence-corrected chi connectivity index (χ3v) is 2.32. The standard InChI is InChI=1S/C5H9NO2S/c1-8-5(7)4-2-9-3-6-4/h4,6H,2-3H2,1H3/p+1/t4-/m1/s1. The van der Waals surface area contributed by atoms with Crippen LogP contribution < -0.4 is 5.32 Å². The Bertz CT molecular complexity index is 112. The monoisotopic (exact) mass is 148 g/mol. The average molecular weight is 148 g/mol. The smallest absolute Gasteiger partial charge is 0.365 e. The molecule has 1 saturated heterocycles. The van der Waals surface area contributed by atoms with Crippen molar-refractivity contribution in [2.45, 2.75) is 6.04 Å². The van der Waals surface area contributed by atoms with Crippen molar-refractivity contribution >= 4 is 17.7 Å². The number of nitrogens with two attached hydrogens (primary N) is 1. The topological polar surface area (TPSA) is 42.9 Å². The van der Waals surface area contributed by atoms with Gasteiger partial charge in [0.2, 0.25) is 0 Å². The molecule has 2 N–H and O–H groups in total. The highest BCUT2D eigenvalue weighted by Crippen LogP contribution is 2.02. The molecule has 0 aromatic rings. The summed E-state index contributed by atoms with van der Waals surface area (Å²) in [5.74, 6) is 1.78. The molecule has 0 bridgehead atoms. The maximum atomic E-state index is 10.7. The number of ether oxygens (including phenoxy) is 1. The number of hydrogen-bond donors (Lipinski definition) is 1. The van der Waals surface area contributed by atoms with Crippen molar-refractivity contribution in [3.8, 4) is 0 Å². The van der Waals surface area contributed by atoms with Crippen LogP contribution in [-0.2, 0) is 9.53 Å². The van der Waals surface area contributed by atoms with Crippen LogP contribution in [0.25, 0.3) is 0 Å². The first-order valence-corrected chi connectivity index (χ1v) is 3.99. The minimum atomic E-state index is -0.0972. The van der Waals surface area contributed by atoms with Gasteiger partial charge >= 0.3 is 5.97 Å². The van der Waals surface area contributed by atoms with E-state index < -0.39 is 0 Å². The van der Waals surface area contributed by atoms with E-state index in [-0.39, 0.29) is 12.0 Å². The molecule has 4 heteroatoms. The number of esters is 1. The highest BCUT2D eigenvalue weighted by molar-refractivity contribution is 7.99. The summed E-state index contributed by atoms with van der Waals surface area (Å²) in [5, 5.41) is 2.00. The summed E-state index contributed by atoms with van der Waals surface area (Å²) in [6.45, 7) is 0. The first-order valence-electron chi connectivity index (χ1n) is 2.83. The number of carbonyl (C=O) groups is 1. The molecule has 0 aromatic heterocycles. The third-order valence-electron chi connectivity index (χ3n) is 1.30. The SMILES string of the molecule is COC(=O)[C@H]1CSC[NH2+]1. The molecule has 0 spiro atoms. The molecule has 0 aliphatic carbocycles. The van der Waals surface area contributed by atoms with Gasteiger partial charge in [-0.3, -0.25) is 0 Å². The number of rotatable bonds is 1. The second kappa shape index (κ2) is 3.08. The summed E-state index contributed by atoms with van der Waals surface area (Å²) in [6, 6.07) is 0.0556. The van der Waals surface area contributed by atoms with Crippen LogP contribution >= 0.6 is 11.8 Å². The van der Waals surface area contributed by atoms with Crippen LogP contribution in [-0.4, -0.2) is 30.8 Å². The predicted octanol–water partition coefficient (Wildman–Crippen LogP) is -1.20. The first-order chi connectivity index (χ1) is 4.34. The average Bonchev–Trinajstić information content (AvgIpc) is 2.37. The van der Waals surface area contributed by atoms with Crippen LogP contribution in [0.5, 0.6) is 0 Å². The number of quaternary nitrogens is 1. The maximum absolute atomic E-state index is 10.7. The van der Waals surface area contributed by atoms with Crippen molar-refractivity contribution in [3.05, 3.63) is 0 Å². The number of thioether (sulfide) groups is 1. The summed E-state index contributed by atoms with van der Waals surface area (Å²) in [7, 11) is 1.43. The molecule has 0 radical (unpaired) electrons. The molecule has 9 heavy (non-hydrogen) atoms. The molecule has 52 valence electrons. The van der Waals surface area contributed by atoms with Crippen LogP contribution in [0.4, 0.5) is 0 Å². The molecule has 0 saturated carbocycles. The maximum Gasteiger partial charge on any atom is 0.365 e. The van der Waals surface area contributed by atoms with E-state index in [9.17, 15) is 4.79 Å². The quantitative estimate of drug-likeness (QED) is 0.475. The summed E-state index contributed by atoms with van der Waals surface area (Å²) < 4.78 is 4.55. The van der Waals surface area contributed by atoms with Gasteiger partial charge in [0.1, 0.15) is 5.88 Å². The van der Waals surface area contributed by atoms with Crippen LogP contribution in [0, 0.1) is 0 Å². The van der Waals surface area contributed by atoms with Crippen molar-refractivity contribution < 1.29 is 14.8 Å². The van der Waals surface area contributed by atoms with Crippen LogP contribution in [0.1, 0.15) is 0 Å². The molecule has 1 fully saturated rings. The zero-order valence-corrected chi connectivity index (χ0v) is 6.11. The molecule has 0 aromatic carbocycles. The lowest BCUT2D eigenvalue weighted by Gasteiger charge is -2.00. The van der Waals surface area contributed by atoms with E-state index in [0.29, 0.717) is 0 Å². The predicted molar refractivity (Wildman–Crippen MR) is 35.1 cm³/mol. The minimum Gasteiger partial charge on any atom is -0.465 e. The molecule has 0 amide bonds. The Morgan fingerprint density at radius 3 is 3.11 bits per heavy atom. The molecular weight excluding hydrogens is 138 g/mol. The van der Waals surface area contributed by atoms with Crippen molar-refractivity contribution in [2.75, 3.05) is 18.7 Å². The fraction of sp³-hybridized carbons (Fsp3) is 0.800. The molecule has 1 aliphatic rings. The van der Waals surface area contributed by atoms with E-state index in [1.54, 1.807) is 11.8 Å². The molecule has 1 aliphatic heterocycles. The summed E-state index contributed by atoms with van der Waals surface area (Å²) >= 11 is 1.77. The lowest BCUT2D eigenvalue weighted by Crippen LogP contribution is -2.88. The normalized spacial score (nSPS) is 26.1. The Morgan fingerprint density at radius 2 is 2.67 bits per heavy atom. The van der Waals surface area contributed by atoms with Gasteiger partial charge in [-0.1, -0.05) is 11.8 Å². The van der Waals surface area contributed by atoms with Gasteiger partial charge in [0, 0.05) is 0 Å². The molecular formula is C5H10NO2S+. The largest absolute Gasteiger partial charge is 0.465 e. The van der Waals surface area contributed by atoms with E-state index in [1.807, 2.05) is 5.32 Å². The second-order valence-corrected chi connectivity index (χ2v) is 2.98. The second-order valence-electron chi connectivity index (χ2n) is 1.90. The Hall–Kier alpha value is -0.220. The minimum absolute atomic E-state index is 0.0556. The lowest BCUT2D eigenvalue weighted by molar-refractivity contribution is -0.649. The number of hydrogen-bond acceptors (Lipinski definition) is 3. The van der Waals surface area contributed by atoms with Gasteiger partial charge in [-0.25, -0.2) is 4.79 Å². The summed E-state index contributed by atoms with van der Waals surface area (Å²) in [5.41, 5.74) is 0. The van der Waals surface area contributed by atoms with Crippen molar-refractivity contribution in [3.63, 3.8) is 0 Å². The van der Waals surface area contributed by atoms with E-state index in [0.717, 1.165) is 11.6 Å². The van der Waals surface area contributed by atoms with Crippen molar-refractivity contribution in [2.24, 2.45) is 0 Å². The van der Waals surface area contributed by atoms with Crippen molar-refractivity contribution in [1.82, 2.24) is 0 Å². The van der Waals surface area contributed by atoms with E-state index in [2.05, 4.69) is 4.74 Å². The fourth-order valence-electron chi connectivity index (χ4n) is 0.763. The highest BCUT2D eigenvalue weighted by Gasteiger charge is 2.26. The molecule has 1 atom stereocenters. The third kappa shape index (κ3) is 1.59. The summed E-state index contributed by atoms with van der Waals surface area (Å²) in [6.07, 6.45) is 0. The van der Waals surface area contributed by atoms with Gasteiger partial charge in [-0.2, -0.15) is 0 Å². The Kier molecular flexibility index (Phi) is 2.36. The van der Waals surface area contributed by atoms with Gasteiger partial charge in [0.15, 0.2) is 6.04 Å². The van der Waals surface area contributed by atoms with Gasteiger partial charge < -0.3 is 10.1 Å². The van der Waals surface area contributed by atoms with Crippen LogP contribution in [0.15, 0.2) is 0 Å². The zero-order valence-electron chi connectivity index (χ0n) is 5.29. The lowest BCUT2D eigenvalue weighted by atomic mass is 10.3. The Labute approximate surface area is 58.1 Å². The Balaban J connectivity index is 2.32. The zero-order chi connectivity index (χ0) is 6.69. The highest BCUT2D eigenvalue weighted by atomic mass is 32.2. The van der Waals surface area contributed by atoms with Gasteiger partial charge in [0.25, 0.3) is 0 Å². The van der Waals surface area contributed by atoms with Gasteiger partial charge in [-0.05, 0) is 0 Å². The van der Waals surface area contributed by atoms with Crippen molar-refractivity contribution in [1.29, 1.82) is 0 Å². The molecule has 3 nitrogen and oxygen atoms in total. The number of carbonyl (C=O) groups excluding carboxylic acids is 1. The van der Waals surface area contributed by atoms with Gasteiger partial charge in [0.05, 0.1) is 12.9 Å². The number of methoxy groups -OCH3 is 1. The van der Waals surface area contributed by atoms with Crippen LogP contribution in [0.2, 0.25) is 0 Å². The first kappa shape index (κ1) is 6.89. The molecule has 0 unspecified atom stereocenters.